The summed E-state index contributed by atoms with van der Waals surface area (Å²) in [6, 6.07) is 8.54. The molecule has 4 amide bonds. The van der Waals surface area contributed by atoms with Crippen LogP contribution in [0.25, 0.3) is 0 Å². The Morgan fingerprint density at radius 2 is 1.88 bits per heavy atom. The van der Waals surface area contributed by atoms with Crippen LogP contribution in [0.15, 0.2) is 36.5 Å². The van der Waals surface area contributed by atoms with Crippen LogP contribution in [0, 0.1) is 0 Å². The van der Waals surface area contributed by atoms with Gasteiger partial charge in [-0.15, -0.1) is 0 Å². The van der Waals surface area contributed by atoms with Gasteiger partial charge < -0.3 is 14.8 Å². The minimum absolute atomic E-state index is 0.0347. The topological polar surface area (TPSA) is 74.7 Å². The van der Waals surface area contributed by atoms with E-state index in [1.54, 1.807) is 23.1 Å². The summed E-state index contributed by atoms with van der Waals surface area (Å²) in [5.41, 5.74) is 2.30. The first-order valence-corrected chi connectivity index (χ1v) is 8.16. The molecule has 2 aromatic rings. The van der Waals surface area contributed by atoms with E-state index < -0.39 is 0 Å². The Morgan fingerprint density at radius 3 is 2.68 bits per heavy atom. The van der Waals surface area contributed by atoms with E-state index >= 15 is 0 Å². The molecular formula is C18H18N4O3. The predicted octanol–water partition coefficient (Wildman–Crippen LogP) is 2.32. The summed E-state index contributed by atoms with van der Waals surface area (Å²) in [7, 11) is 1.45. The zero-order valence-corrected chi connectivity index (χ0v) is 14.0. The van der Waals surface area contributed by atoms with Gasteiger partial charge in [0.15, 0.2) is 0 Å². The summed E-state index contributed by atoms with van der Waals surface area (Å²) in [6.45, 7) is 3.35. The quantitative estimate of drug-likeness (QED) is 0.811. The van der Waals surface area contributed by atoms with Crippen molar-refractivity contribution in [1.82, 2.24) is 14.4 Å². The van der Waals surface area contributed by atoms with Crippen LogP contribution in [0.5, 0.6) is 0 Å². The van der Waals surface area contributed by atoms with Gasteiger partial charge in [-0.25, -0.2) is 4.79 Å². The number of fused-ring (bicyclic) bond motifs is 2. The molecule has 1 aromatic carbocycles. The van der Waals surface area contributed by atoms with Crippen molar-refractivity contribution in [3.05, 3.63) is 53.3 Å². The highest BCUT2D eigenvalue weighted by Gasteiger charge is 2.33. The van der Waals surface area contributed by atoms with Crippen molar-refractivity contribution in [3.8, 4) is 0 Å². The second kappa shape index (κ2) is 5.47. The summed E-state index contributed by atoms with van der Waals surface area (Å²) in [5, 5.41) is 2.84. The lowest BCUT2D eigenvalue weighted by molar-refractivity contribution is 0.0693. The van der Waals surface area contributed by atoms with Crippen LogP contribution < -0.4 is 5.32 Å². The molecule has 4 rings (SSSR count). The molecule has 3 heterocycles. The van der Waals surface area contributed by atoms with Crippen molar-refractivity contribution in [3.63, 3.8) is 0 Å². The SMILES string of the molecule is CC1c2cccn2CCN1C(=O)Nc1ccc2c(c1)C(=O)N(C)C2=O. The maximum Gasteiger partial charge on any atom is 0.322 e. The first-order chi connectivity index (χ1) is 12.0. The number of urea groups is 1. The zero-order chi connectivity index (χ0) is 17.7. The molecule has 128 valence electrons. The Bertz CT molecular complexity index is 901. The minimum Gasteiger partial charge on any atom is -0.348 e. The maximum atomic E-state index is 12.7. The molecule has 0 saturated heterocycles. The van der Waals surface area contributed by atoms with Crippen LogP contribution in [0.1, 0.15) is 39.4 Å². The molecule has 25 heavy (non-hydrogen) atoms. The van der Waals surface area contributed by atoms with E-state index in [4.69, 9.17) is 0 Å². The molecule has 0 saturated carbocycles. The van der Waals surface area contributed by atoms with Gasteiger partial charge in [0, 0.05) is 37.7 Å². The van der Waals surface area contributed by atoms with E-state index in [2.05, 4.69) is 9.88 Å². The number of hydrogen-bond acceptors (Lipinski definition) is 3. The third-order valence-corrected chi connectivity index (χ3v) is 4.94. The number of nitrogens with zero attached hydrogens (tertiary/aromatic N) is 3. The molecule has 1 atom stereocenters. The summed E-state index contributed by atoms with van der Waals surface area (Å²) in [5.74, 6) is -0.663. The Hall–Kier alpha value is -3.09. The zero-order valence-electron chi connectivity index (χ0n) is 14.0. The number of hydrogen-bond donors (Lipinski definition) is 1. The number of imide groups is 1. The van der Waals surface area contributed by atoms with E-state index in [-0.39, 0.29) is 23.9 Å². The second-order valence-electron chi connectivity index (χ2n) is 6.36. The summed E-state index contributed by atoms with van der Waals surface area (Å²) >= 11 is 0. The lowest BCUT2D eigenvalue weighted by atomic mass is 10.1. The molecular weight excluding hydrogens is 320 g/mol. The van der Waals surface area contributed by atoms with Gasteiger partial charge in [0.25, 0.3) is 11.8 Å². The third-order valence-electron chi connectivity index (χ3n) is 4.94. The highest BCUT2D eigenvalue weighted by Crippen LogP contribution is 2.28. The van der Waals surface area contributed by atoms with E-state index in [9.17, 15) is 14.4 Å². The molecule has 0 aliphatic carbocycles. The molecule has 0 fully saturated rings. The lowest BCUT2D eigenvalue weighted by Gasteiger charge is -2.34. The fourth-order valence-electron chi connectivity index (χ4n) is 3.49. The fourth-order valence-corrected chi connectivity index (χ4v) is 3.49. The third kappa shape index (κ3) is 2.31. The average Bonchev–Trinajstić information content (AvgIpc) is 3.16. The Balaban J connectivity index is 1.55. The molecule has 2 aliphatic heterocycles. The monoisotopic (exact) mass is 338 g/mol. The van der Waals surface area contributed by atoms with Crippen LogP contribution in [0.4, 0.5) is 10.5 Å². The van der Waals surface area contributed by atoms with Crippen molar-refractivity contribution in [1.29, 1.82) is 0 Å². The smallest absolute Gasteiger partial charge is 0.322 e. The molecule has 1 aromatic heterocycles. The van der Waals surface area contributed by atoms with Crippen LogP contribution in [0.3, 0.4) is 0 Å². The van der Waals surface area contributed by atoms with Crippen molar-refractivity contribution in [2.75, 3.05) is 18.9 Å². The number of anilines is 1. The number of carbonyl (C=O) groups is 3. The first kappa shape index (κ1) is 15.4. The average molecular weight is 338 g/mol. The van der Waals surface area contributed by atoms with Gasteiger partial charge >= 0.3 is 6.03 Å². The molecule has 1 N–H and O–H groups in total. The molecule has 7 nitrogen and oxygen atoms in total. The van der Waals surface area contributed by atoms with E-state index in [0.29, 0.717) is 23.4 Å². The summed E-state index contributed by atoms with van der Waals surface area (Å²) in [4.78, 5) is 39.5. The number of benzene rings is 1. The van der Waals surface area contributed by atoms with E-state index in [1.807, 2.05) is 25.3 Å². The highest BCUT2D eigenvalue weighted by molar-refractivity contribution is 6.21. The summed E-state index contributed by atoms with van der Waals surface area (Å²) in [6.07, 6.45) is 2.01. The number of amides is 4. The Labute approximate surface area is 144 Å². The van der Waals surface area contributed by atoms with Gasteiger partial charge in [-0.05, 0) is 37.3 Å². The van der Waals surface area contributed by atoms with Gasteiger partial charge in [0.05, 0.1) is 17.2 Å². The van der Waals surface area contributed by atoms with Crippen LogP contribution in [-0.2, 0) is 6.54 Å². The Morgan fingerprint density at radius 1 is 1.12 bits per heavy atom. The number of rotatable bonds is 1. The van der Waals surface area contributed by atoms with Crippen LogP contribution >= 0.6 is 0 Å². The van der Waals surface area contributed by atoms with Crippen molar-refractivity contribution < 1.29 is 14.4 Å². The molecule has 0 bridgehead atoms. The number of nitrogens with one attached hydrogen (secondary N) is 1. The van der Waals surface area contributed by atoms with Crippen molar-refractivity contribution >= 4 is 23.5 Å². The lowest BCUT2D eigenvalue weighted by Crippen LogP contribution is -2.43. The van der Waals surface area contributed by atoms with Gasteiger partial charge in [-0.2, -0.15) is 0 Å². The molecule has 1 unspecified atom stereocenters. The van der Waals surface area contributed by atoms with Crippen molar-refractivity contribution in [2.24, 2.45) is 0 Å². The van der Waals surface area contributed by atoms with E-state index in [0.717, 1.165) is 17.1 Å². The largest absolute Gasteiger partial charge is 0.348 e. The molecule has 2 aliphatic rings. The normalized spacial score (nSPS) is 19.0. The first-order valence-electron chi connectivity index (χ1n) is 8.16. The standard InChI is InChI=1S/C18H18N4O3/c1-11-15-4-3-7-21(15)8-9-22(11)18(25)19-12-5-6-13-14(10-12)17(24)20(2)16(13)23/h3-7,10-11H,8-9H2,1-2H3,(H,19,25). The van der Waals surface area contributed by atoms with Crippen LogP contribution in [-0.4, -0.2) is 45.8 Å². The maximum absolute atomic E-state index is 12.7. The number of carbonyl (C=O) groups excluding carboxylic acids is 3. The molecule has 7 heteroatoms. The fraction of sp³-hybridized carbons (Fsp3) is 0.278. The summed E-state index contributed by atoms with van der Waals surface area (Å²) < 4.78 is 2.14. The van der Waals surface area contributed by atoms with Gasteiger partial charge in [-0.3, -0.25) is 14.5 Å². The Kier molecular flexibility index (Phi) is 3.38. The molecule has 0 radical (unpaired) electrons. The van der Waals surface area contributed by atoms with Gasteiger partial charge in [0.1, 0.15) is 0 Å². The second-order valence-corrected chi connectivity index (χ2v) is 6.36. The highest BCUT2D eigenvalue weighted by atomic mass is 16.2. The number of aromatic nitrogens is 1. The van der Waals surface area contributed by atoms with Crippen LogP contribution in [0.2, 0.25) is 0 Å². The van der Waals surface area contributed by atoms with E-state index in [1.165, 1.54) is 7.05 Å². The predicted molar refractivity (Wildman–Crippen MR) is 91.4 cm³/mol. The van der Waals surface area contributed by atoms with Gasteiger partial charge in [0.2, 0.25) is 0 Å². The van der Waals surface area contributed by atoms with Gasteiger partial charge in [-0.1, -0.05) is 0 Å². The van der Waals surface area contributed by atoms with Crippen molar-refractivity contribution in [2.45, 2.75) is 19.5 Å². The minimum atomic E-state index is -0.347. The molecule has 0 spiro atoms.